The minimum Gasteiger partial charge on any atom is -0.470 e. The van der Waals surface area contributed by atoms with Gasteiger partial charge in [0.1, 0.15) is 24.6 Å². The maximum Gasteiger partial charge on any atom is 0.323 e. The summed E-state index contributed by atoms with van der Waals surface area (Å²) in [4.78, 5) is 12.0. The van der Waals surface area contributed by atoms with Crippen LogP contribution < -0.4 is 16.0 Å². The van der Waals surface area contributed by atoms with Crippen molar-refractivity contribution in [2.45, 2.75) is 0 Å². The Morgan fingerprint density at radius 2 is 1.92 bits per heavy atom. The average Bonchev–Trinajstić information content (AvgIpc) is 3.28. The van der Waals surface area contributed by atoms with E-state index in [0.29, 0.717) is 11.4 Å². The van der Waals surface area contributed by atoms with Crippen LogP contribution in [0.5, 0.6) is 0 Å². The smallest absolute Gasteiger partial charge is 0.323 e. The molecule has 0 aliphatic heterocycles. The van der Waals surface area contributed by atoms with Gasteiger partial charge in [0.2, 0.25) is 0 Å². The van der Waals surface area contributed by atoms with Crippen molar-refractivity contribution < 1.29 is 23.2 Å². The molecule has 0 unspecified atom stereocenters. The van der Waals surface area contributed by atoms with Crippen LogP contribution in [0.2, 0.25) is 0 Å². The van der Waals surface area contributed by atoms with Crippen LogP contribution in [0, 0.1) is 5.82 Å². The molecule has 8 nitrogen and oxygen atoms in total. The van der Waals surface area contributed by atoms with Gasteiger partial charge < -0.3 is 30.0 Å². The Balaban J connectivity index is 1.74. The zero-order valence-electron chi connectivity index (χ0n) is 13.0. The summed E-state index contributed by atoms with van der Waals surface area (Å²) < 4.78 is 23.5. The van der Waals surface area contributed by atoms with E-state index in [4.69, 9.17) is 8.83 Å². The largest absolute Gasteiger partial charge is 0.470 e. The monoisotopic (exact) mass is 422 g/mol. The predicted octanol–water partition coefficient (Wildman–Crippen LogP) is 4.67. The van der Waals surface area contributed by atoms with Gasteiger partial charge in [-0.1, -0.05) is 5.16 Å². The molecule has 2 heterocycles. The van der Waals surface area contributed by atoms with Crippen LogP contribution in [0.1, 0.15) is 5.56 Å². The second-order valence-corrected chi connectivity index (χ2v) is 5.85. The molecule has 2 aromatic heterocycles. The van der Waals surface area contributed by atoms with E-state index < -0.39 is 11.8 Å². The van der Waals surface area contributed by atoms with E-state index in [-0.39, 0.29) is 21.6 Å². The van der Waals surface area contributed by atoms with Crippen molar-refractivity contribution in [3.63, 3.8) is 0 Å². The van der Waals surface area contributed by atoms with Gasteiger partial charge in [-0.15, -0.1) is 0 Å². The summed E-state index contributed by atoms with van der Waals surface area (Å²) in [7, 11) is 0. The lowest BCUT2D eigenvalue weighted by Gasteiger charge is -2.10. The molecule has 1 aromatic carbocycles. The fourth-order valence-electron chi connectivity index (χ4n) is 2.05. The highest BCUT2D eigenvalue weighted by molar-refractivity contribution is 9.10. The number of halogens is 2. The summed E-state index contributed by atoms with van der Waals surface area (Å²) in [5, 5.41) is 20.4. The van der Waals surface area contributed by atoms with Crippen LogP contribution in [0.25, 0.3) is 0 Å². The maximum absolute atomic E-state index is 13.3. The van der Waals surface area contributed by atoms with Gasteiger partial charge in [0, 0.05) is 11.8 Å². The zero-order chi connectivity index (χ0) is 18.5. The Morgan fingerprint density at radius 1 is 1.08 bits per heavy atom. The Morgan fingerprint density at radius 3 is 2.62 bits per heavy atom. The second kappa shape index (κ2) is 7.74. The molecule has 2 amide bonds. The number of hydrogen-bond donors (Lipinski definition) is 4. The molecule has 4 N–H and O–H groups in total. The van der Waals surface area contributed by atoms with Gasteiger partial charge in [-0.3, -0.25) is 0 Å². The molecule has 0 saturated carbocycles. The summed E-state index contributed by atoms with van der Waals surface area (Å²) in [6.45, 7) is 0. The molecule has 0 fully saturated rings. The van der Waals surface area contributed by atoms with E-state index in [1.54, 1.807) is 6.07 Å². The predicted molar refractivity (Wildman–Crippen MR) is 96.1 cm³/mol. The number of nitrogens with zero attached hydrogens (tertiary/aromatic N) is 1. The lowest BCUT2D eigenvalue weighted by atomic mass is 10.2. The fourth-order valence-corrected chi connectivity index (χ4v) is 2.43. The van der Waals surface area contributed by atoms with Crippen LogP contribution in [-0.2, 0) is 0 Å². The summed E-state index contributed by atoms with van der Waals surface area (Å²) in [6.07, 6.45) is 5.34. The summed E-state index contributed by atoms with van der Waals surface area (Å²) >= 11 is 3.07. The first-order valence-electron chi connectivity index (χ1n) is 7.17. The zero-order valence-corrected chi connectivity index (χ0v) is 14.6. The third-order valence-corrected chi connectivity index (χ3v) is 3.83. The van der Waals surface area contributed by atoms with Gasteiger partial charge in [0.25, 0.3) is 0 Å². The second-order valence-electron chi connectivity index (χ2n) is 4.99. The van der Waals surface area contributed by atoms with Crippen molar-refractivity contribution in [2.24, 2.45) is 5.16 Å². The standard InChI is InChI=1S/C16H12BrFN4O4/c17-12-5-9(1-2-13(12)18)19-15(22-24)11-7-26-8-14(11)21-16(23)20-10-3-4-25-6-10/h1-8,24H,(H,19,22)(H2,20,21,23). The van der Waals surface area contributed by atoms with Crippen LogP contribution in [0.15, 0.2) is 67.8 Å². The Labute approximate surface area is 154 Å². The molecule has 0 saturated heterocycles. The van der Waals surface area contributed by atoms with Gasteiger partial charge in [-0.25, -0.2) is 9.18 Å². The van der Waals surface area contributed by atoms with E-state index >= 15 is 0 Å². The van der Waals surface area contributed by atoms with Crippen molar-refractivity contribution >= 4 is 44.9 Å². The lowest BCUT2D eigenvalue weighted by molar-refractivity contribution is 0.262. The summed E-state index contributed by atoms with van der Waals surface area (Å²) in [5.41, 5.74) is 1.47. The molecule has 0 aliphatic carbocycles. The number of anilines is 3. The molecular weight excluding hydrogens is 411 g/mol. The number of carbonyl (C=O) groups is 1. The van der Waals surface area contributed by atoms with Crippen molar-refractivity contribution in [1.29, 1.82) is 0 Å². The number of benzene rings is 1. The Bertz CT molecular complexity index is 940. The maximum atomic E-state index is 13.3. The lowest BCUT2D eigenvalue weighted by Crippen LogP contribution is -2.21. The minimum atomic E-state index is -0.545. The number of urea groups is 1. The molecule has 134 valence electrons. The Hall–Kier alpha value is -3.27. The van der Waals surface area contributed by atoms with E-state index in [0.717, 1.165) is 0 Å². The topological polar surface area (TPSA) is 112 Å². The van der Waals surface area contributed by atoms with Crippen molar-refractivity contribution in [1.82, 2.24) is 0 Å². The third kappa shape index (κ3) is 4.03. The van der Waals surface area contributed by atoms with Gasteiger partial charge in [-0.2, -0.15) is 0 Å². The number of carbonyl (C=O) groups excluding carboxylic acids is 1. The third-order valence-electron chi connectivity index (χ3n) is 3.23. The van der Waals surface area contributed by atoms with Crippen molar-refractivity contribution in [3.8, 4) is 0 Å². The molecule has 0 bridgehead atoms. The SMILES string of the molecule is O=C(Nc1ccoc1)Nc1cocc1/C(=N/O)Nc1ccc(F)c(Br)c1. The van der Waals surface area contributed by atoms with E-state index in [2.05, 4.69) is 37.0 Å². The number of rotatable bonds is 4. The normalized spacial score (nSPS) is 11.2. The van der Waals surface area contributed by atoms with Gasteiger partial charge in [0.15, 0.2) is 5.84 Å². The first-order valence-corrected chi connectivity index (χ1v) is 7.97. The van der Waals surface area contributed by atoms with E-state index in [9.17, 15) is 14.4 Å². The minimum absolute atomic E-state index is 0.00382. The summed E-state index contributed by atoms with van der Waals surface area (Å²) in [6, 6.07) is 5.21. The molecule has 0 aliphatic rings. The number of nitrogens with one attached hydrogen (secondary N) is 3. The highest BCUT2D eigenvalue weighted by Gasteiger charge is 2.16. The molecule has 10 heteroatoms. The summed E-state index contributed by atoms with van der Waals surface area (Å²) in [5.74, 6) is -0.435. The molecule has 3 aromatic rings. The van der Waals surface area contributed by atoms with Crippen molar-refractivity contribution in [2.75, 3.05) is 16.0 Å². The number of amidine groups is 1. The average molecular weight is 423 g/mol. The molecule has 26 heavy (non-hydrogen) atoms. The van der Waals surface area contributed by atoms with Gasteiger partial charge >= 0.3 is 6.03 Å². The number of furan rings is 2. The number of oxime groups is 1. The van der Waals surface area contributed by atoms with Crippen LogP contribution >= 0.6 is 15.9 Å². The van der Waals surface area contributed by atoms with E-state index in [1.807, 2.05) is 0 Å². The molecule has 0 atom stereocenters. The van der Waals surface area contributed by atoms with Crippen LogP contribution in [0.4, 0.5) is 26.2 Å². The molecular formula is C16H12BrFN4O4. The quantitative estimate of drug-likeness (QED) is 0.211. The van der Waals surface area contributed by atoms with E-state index in [1.165, 1.54) is 43.3 Å². The highest BCUT2D eigenvalue weighted by Crippen LogP contribution is 2.23. The fraction of sp³-hybridized carbons (Fsp3) is 0. The van der Waals surface area contributed by atoms with Crippen molar-refractivity contribution in [3.05, 3.63) is 65.2 Å². The number of amides is 2. The highest BCUT2D eigenvalue weighted by atomic mass is 79.9. The molecule has 0 radical (unpaired) electrons. The first-order chi connectivity index (χ1) is 12.6. The molecule has 0 spiro atoms. The van der Waals surface area contributed by atoms with Gasteiger partial charge in [0.05, 0.1) is 27.7 Å². The molecule has 3 rings (SSSR count). The Kier molecular flexibility index (Phi) is 5.23. The van der Waals surface area contributed by atoms with Crippen LogP contribution in [-0.4, -0.2) is 17.1 Å². The number of hydrogen-bond acceptors (Lipinski definition) is 5. The van der Waals surface area contributed by atoms with Gasteiger partial charge in [-0.05, 0) is 34.1 Å². The van der Waals surface area contributed by atoms with Crippen LogP contribution in [0.3, 0.4) is 0 Å². The first kappa shape index (κ1) is 17.5.